The third-order valence-corrected chi connectivity index (χ3v) is 3.92. The summed E-state index contributed by atoms with van der Waals surface area (Å²) in [6.45, 7) is 8.81. The van der Waals surface area contributed by atoms with Gasteiger partial charge in [0.1, 0.15) is 6.10 Å². The van der Waals surface area contributed by atoms with Crippen LogP contribution < -0.4 is 0 Å². The molecule has 4 heteroatoms. The summed E-state index contributed by atoms with van der Waals surface area (Å²) in [5, 5.41) is 0. The Morgan fingerprint density at radius 3 is 2.09 bits per heavy atom. The molecule has 0 rings (SSSR count). The van der Waals surface area contributed by atoms with Gasteiger partial charge in [-0.1, -0.05) is 53.4 Å². The highest BCUT2D eigenvalue weighted by atomic mass is 16.5. The van der Waals surface area contributed by atoms with Crippen molar-refractivity contribution in [3.63, 3.8) is 0 Å². The maximum atomic E-state index is 11.7. The smallest absolute Gasteiger partial charge is 0.306 e. The standard InChI is InChI=1S/C18H34O4/c1-5-9-11-15(7-3)14-21-17(19)12-13-18(20)22-16(8-4)10-6-2/h15-16H,5-14H2,1-4H3. The lowest BCUT2D eigenvalue weighted by Gasteiger charge is -2.16. The molecule has 0 heterocycles. The average molecular weight is 314 g/mol. The van der Waals surface area contributed by atoms with Crippen molar-refractivity contribution in [2.75, 3.05) is 6.61 Å². The molecule has 0 N–H and O–H groups in total. The highest BCUT2D eigenvalue weighted by Gasteiger charge is 2.15. The van der Waals surface area contributed by atoms with Crippen molar-refractivity contribution in [2.24, 2.45) is 5.92 Å². The molecule has 130 valence electrons. The number of carbonyl (C=O) groups is 2. The molecular formula is C18H34O4. The molecule has 0 aliphatic rings. The summed E-state index contributed by atoms with van der Waals surface area (Å²) < 4.78 is 10.6. The van der Waals surface area contributed by atoms with E-state index >= 15 is 0 Å². The summed E-state index contributed by atoms with van der Waals surface area (Å²) >= 11 is 0. The van der Waals surface area contributed by atoms with Crippen LogP contribution in [0.1, 0.15) is 85.5 Å². The van der Waals surface area contributed by atoms with Gasteiger partial charge in [-0.2, -0.15) is 0 Å². The summed E-state index contributed by atoms with van der Waals surface area (Å²) in [5.41, 5.74) is 0. The fraction of sp³-hybridized carbons (Fsp3) is 0.889. The van der Waals surface area contributed by atoms with Crippen LogP contribution in [0.3, 0.4) is 0 Å². The molecule has 0 saturated carbocycles. The minimum Gasteiger partial charge on any atom is -0.465 e. The normalized spacial score (nSPS) is 13.5. The number of carbonyl (C=O) groups excluding carboxylic acids is 2. The molecule has 0 aromatic carbocycles. The van der Waals surface area contributed by atoms with Crippen LogP contribution in [0.4, 0.5) is 0 Å². The van der Waals surface area contributed by atoms with Crippen LogP contribution >= 0.6 is 0 Å². The molecule has 0 aliphatic carbocycles. The molecule has 0 radical (unpaired) electrons. The summed E-state index contributed by atoms with van der Waals surface area (Å²) in [4.78, 5) is 23.4. The Labute approximate surface area is 135 Å². The zero-order valence-electron chi connectivity index (χ0n) is 14.9. The van der Waals surface area contributed by atoms with Crippen molar-refractivity contribution in [3.05, 3.63) is 0 Å². The van der Waals surface area contributed by atoms with Gasteiger partial charge in [-0.25, -0.2) is 0 Å². The first-order valence-corrected chi connectivity index (χ1v) is 8.92. The van der Waals surface area contributed by atoms with Crippen LogP contribution in [0.5, 0.6) is 0 Å². The van der Waals surface area contributed by atoms with Gasteiger partial charge < -0.3 is 9.47 Å². The van der Waals surface area contributed by atoms with E-state index in [0.29, 0.717) is 12.5 Å². The van der Waals surface area contributed by atoms with Gasteiger partial charge >= 0.3 is 11.9 Å². The van der Waals surface area contributed by atoms with Gasteiger partial charge in [0.15, 0.2) is 0 Å². The van der Waals surface area contributed by atoms with Gasteiger partial charge in [0.2, 0.25) is 0 Å². The largest absolute Gasteiger partial charge is 0.465 e. The van der Waals surface area contributed by atoms with Crippen LogP contribution in [0.25, 0.3) is 0 Å². The molecule has 4 nitrogen and oxygen atoms in total. The number of esters is 2. The van der Waals surface area contributed by atoms with E-state index < -0.39 is 0 Å². The van der Waals surface area contributed by atoms with E-state index in [1.54, 1.807) is 0 Å². The van der Waals surface area contributed by atoms with Crippen molar-refractivity contribution in [2.45, 2.75) is 91.6 Å². The van der Waals surface area contributed by atoms with E-state index in [9.17, 15) is 9.59 Å². The Balaban J connectivity index is 3.89. The predicted octanol–water partition coefficient (Wildman–Crippen LogP) is 4.65. The van der Waals surface area contributed by atoms with Crippen LogP contribution in [0.15, 0.2) is 0 Å². The minimum atomic E-state index is -0.296. The lowest BCUT2D eigenvalue weighted by atomic mass is 10.0. The number of ether oxygens (including phenoxy) is 2. The second-order valence-electron chi connectivity index (χ2n) is 5.91. The van der Waals surface area contributed by atoms with Gasteiger partial charge in [-0.05, 0) is 25.2 Å². The quantitative estimate of drug-likeness (QED) is 0.464. The van der Waals surface area contributed by atoms with Crippen molar-refractivity contribution in [1.29, 1.82) is 0 Å². The maximum absolute atomic E-state index is 11.7. The Morgan fingerprint density at radius 2 is 1.55 bits per heavy atom. The molecule has 0 bridgehead atoms. The molecule has 0 amide bonds. The lowest BCUT2D eigenvalue weighted by Crippen LogP contribution is -2.19. The fourth-order valence-corrected chi connectivity index (χ4v) is 2.30. The van der Waals surface area contributed by atoms with Crippen LogP contribution in [0, 0.1) is 5.92 Å². The monoisotopic (exact) mass is 314 g/mol. The first-order chi connectivity index (χ1) is 10.6. The third kappa shape index (κ3) is 10.6. The summed E-state index contributed by atoms with van der Waals surface area (Å²) in [6.07, 6.45) is 7.34. The van der Waals surface area contributed by atoms with Gasteiger partial charge in [-0.15, -0.1) is 0 Å². The lowest BCUT2D eigenvalue weighted by molar-refractivity contribution is -0.154. The second-order valence-corrected chi connectivity index (χ2v) is 5.91. The van der Waals surface area contributed by atoms with Gasteiger partial charge in [-0.3, -0.25) is 9.59 Å². The number of unbranched alkanes of at least 4 members (excludes halogenated alkanes) is 1. The third-order valence-electron chi connectivity index (χ3n) is 3.92. The van der Waals surface area contributed by atoms with E-state index in [2.05, 4.69) is 20.8 Å². The SMILES string of the molecule is CCCCC(CC)COC(=O)CCC(=O)OC(CC)CCC. The Morgan fingerprint density at radius 1 is 0.864 bits per heavy atom. The van der Waals surface area contributed by atoms with Gasteiger partial charge in [0.25, 0.3) is 0 Å². The Kier molecular flexibility index (Phi) is 12.9. The minimum absolute atomic E-state index is 0.0213. The van der Waals surface area contributed by atoms with E-state index in [1.165, 1.54) is 0 Å². The number of hydrogen-bond donors (Lipinski definition) is 0. The predicted molar refractivity (Wildman–Crippen MR) is 88.6 cm³/mol. The summed E-state index contributed by atoms with van der Waals surface area (Å²) in [6, 6.07) is 0. The van der Waals surface area contributed by atoms with Crippen molar-refractivity contribution in [1.82, 2.24) is 0 Å². The zero-order valence-corrected chi connectivity index (χ0v) is 14.9. The average Bonchev–Trinajstić information content (AvgIpc) is 2.52. The zero-order chi connectivity index (χ0) is 16.8. The van der Waals surface area contributed by atoms with Crippen molar-refractivity contribution in [3.8, 4) is 0 Å². The van der Waals surface area contributed by atoms with E-state index in [-0.39, 0.29) is 30.9 Å². The van der Waals surface area contributed by atoms with E-state index in [1.807, 2.05) is 6.92 Å². The summed E-state index contributed by atoms with van der Waals surface area (Å²) in [5.74, 6) is -0.157. The molecule has 0 saturated heterocycles. The molecule has 2 unspecified atom stereocenters. The molecule has 0 aromatic rings. The van der Waals surface area contributed by atoms with Crippen molar-refractivity contribution < 1.29 is 19.1 Å². The molecule has 22 heavy (non-hydrogen) atoms. The van der Waals surface area contributed by atoms with Crippen molar-refractivity contribution >= 4 is 11.9 Å². The molecule has 0 fully saturated rings. The van der Waals surface area contributed by atoms with Gasteiger partial charge in [0, 0.05) is 0 Å². The van der Waals surface area contributed by atoms with E-state index in [0.717, 1.165) is 44.9 Å². The molecule has 0 spiro atoms. The Bertz CT molecular complexity index is 301. The first kappa shape index (κ1) is 20.9. The van der Waals surface area contributed by atoms with Crippen LogP contribution in [-0.4, -0.2) is 24.6 Å². The highest BCUT2D eigenvalue weighted by molar-refractivity contribution is 5.77. The molecule has 2 atom stereocenters. The number of hydrogen-bond acceptors (Lipinski definition) is 4. The molecule has 0 aliphatic heterocycles. The summed E-state index contributed by atoms with van der Waals surface area (Å²) in [7, 11) is 0. The second kappa shape index (κ2) is 13.6. The molecular weight excluding hydrogens is 280 g/mol. The van der Waals surface area contributed by atoms with E-state index in [4.69, 9.17) is 9.47 Å². The topological polar surface area (TPSA) is 52.6 Å². The first-order valence-electron chi connectivity index (χ1n) is 8.92. The fourth-order valence-electron chi connectivity index (χ4n) is 2.30. The molecule has 0 aromatic heterocycles. The Hall–Kier alpha value is -1.06. The highest BCUT2D eigenvalue weighted by Crippen LogP contribution is 2.13. The van der Waals surface area contributed by atoms with Gasteiger partial charge in [0.05, 0.1) is 19.4 Å². The number of rotatable bonds is 13. The van der Waals surface area contributed by atoms with Crippen LogP contribution in [0.2, 0.25) is 0 Å². The maximum Gasteiger partial charge on any atom is 0.306 e. The van der Waals surface area contributed by atoms with Crippen LogP contribution in [-0.2, 0) is 19.1 Å².